The average Bonchev–Trinajstić information content (AvgIpc) is 2.68. The summed E-state index contributed by atoms with van der Waals surface area (Å²) in [6.45, 7) is 20.3. The molecule has 3 aromatic carbocycles. The number of fused-ring (bicyclic) bond motifs is 1. The first kappa shape index (κ1) is 63.9. The van der Waals surface area contributed by atoms with Crippen LogP contribution in [0.3, 0.4) is 0 Å². The number of hydrogen-bond donors (Lipinski definition) is 5. The number of thiazole rings is 1. The Morgan fingerprint density at radius 3 is 2.08 bits per heavy atom. The Bertz CT molecular complexity index is 3280. The second-order valence-electron chi connectivity index (χ2n) is 24.7. The first-order valence-electron chi connectivity index (χ1n) is 30.9. The number of benzene rings is 3. The van der Waals surface area contributed by atoms with Crippen LogP contribution in [0.5, 0.6) is 0 Å². The number of unbranched alkanes of at least 4 members (excludes halogenated alkanes) is 2. The molecule has 4 amide bonds. The monoisotopic (exact) mass is 1200 g/mol. The molecule has 3 fully saturated rings. The third-order valence-corrected chi connectivity index (χ3v) is 18.0. The van der Waals surface area contributed by atoms with Crippen molar-refractivity contribution in [2.45, 2.75) is 143 Å². The van der Waals surface area contributed by atoms with Crippen LogP contribution in [0.4, 0.5) is 0 Å². The van der Waals surface area contributed by atoms with Gasteiger partial charge in [-0.25, -0.2) is 4.98 Å². The number of amides is 4. The number of H-pyrrole nitrogens is 1. The Morgan fingerprint density at radius 1 is 0.767 bits per heavy atom. The molecule has 0 radical (unpaired) electrons. The molecule has 0 spiro atoms. The fraction of sp³-hybridized carbons (Fsp3) is 0.522. The van der Waals surface area contributed by atoms with E-state index in [9.17, 15) is 29.1 Å². The van der Waals surface area contributed by atoms with Crippen molar-refractivity contribution in [3.8, 4) is 21.6 Å². The summed E-state index contributed by atoms with van der Waals surface area (Å²) in [7, 11) is 0. The SMILES string of the molecule is Cc1cc(C)c(CNC(=O)c2cc(-c3ccc(CN4CCN(CCOCCCCOCCCCOCC(=O)NC(C(=O)N5C[C@H](O)C[C@H]5C(=O)NCc5ccc(-c6scnc6C)cc5)C(C)(C)C)CC4)cc3)cc3c2ccn3C2CCCC2)c(=O)[nH]1. The van der Waals surface area contributed by atoms with Gasteiger partial charge in [0.2, 0.25) is 17.7 Å². The highest BCUT2D eigenvalue weighted by Crippen LogP contribution is 2.37. The Morgan fingerprint density at radius 2 is 1.42 bits per heavy atom. The van der Waals surface area contributed by atoms with Crippen molar-refractivity contribution in [2.24, 2.45) is 5.41 Å². The maximum Gasteiger partial charge on any atom is 0.253 e. The van der Waals surface area contributed by atoms with Gasteiger partial charge in [-0.15, -0.1) is 11.3 Å². The number of carbonyl (C=O) groups excluding carboxylic acids is 4. The number of aliphatic hydroxyl groups excluding tert-OH is 1. The maximum atomic E-state index is 14.0. The second kappa shape index (κ2) is 30.4. The van der Waals surface area contributed by atoms with E-state index in [1.807, 2.05) is 83.5 Å². The quantitative estimate of drug-likeness (QED) is 0.0292. The zero-order chi connectivity index (χ0) is 60.7. The molecule has 3 atom stereocenters. The summed E-state index contributed by atoms with van der Waals surface area (Å²) >= 11 is 1.58. The molecule has 462 valence electrons. The highest BCUT2D eigenvalue weighted by molar-refractivity contribution is 7.13. The lowest BCUT2D eigenvalue weighted by Crippen LogP contribution is -2.58. The van der Waals surface area contributed by atoms with Crippen molar-refractivity contribution in [1.29, 1.82) is 0 Å². The summed E-state index contributed by atoms with van der Waals surface area (Å²) in [5.41, 5.74) is 11.1. The van der Waals surface area contributed by atoms with E-state index in [1.165, 1.54) is 23.3 Å². The Hall–Kier alpha value is -6.58. The van der Waals surface area contributed by atoms with E-state index in [2.05, 4.69) is 82.9 Å². The number of piperazine rings is 1. The van der Waals surface area contributed by atoms with Crippen LogP contribution in [0.1, 0.15) is 129 Å². The van der Waals surface area contributed by atoms with Gasteiger partial charge in [0.1, 0.15) is 18.7 Å². The van der Waals surface area contributed by atoms with Gasteiger partial charge in [0.05, 0.1) is 28.8 Å². The standard InChI is InChI=1S/C67H89N9O9S/c1-45-35-46(2)71-64(80)57(45)40-69-63(79)56-36-52(37-58-55(56)23-24-75(58)53-13-7-8-14-53)50-19-17-49(18-20-50)41-74-27-25-73(26-28-74)29-34-84-32-10-9-30-83-31-11-12-33-85-43-60(78)72-62(67(4,5)6)66(82)76-42-54(77)38-59(76)65(81)68-39-48-15-21-51(22-16-48)61-47(3)70-44-86-61/h15-24,35-37,44,53-54,59,62,77H,7-14,25-34,38-43H2,1-6H3,(H,68,81)(H,69,79)(H,71,80)(H,72,78)/t54-,59+,62?/m1/s1. The molecule has 9 rings (SSSR count). The molecule has 0 bridgehead atoms. The Labute approximate surface area is 510 Å². The third-order valence-electron chi connectivity index (χ3n) is 17.0. The number of aromatic nitrogens is 3. The predicted octanol–water partition coefficient (Wildman–Crippen LogP) is 8.63. The molecule has 3 aromatic heterocycles. The molecule has 2 saturated heterocycles. The molecule has 1 aliphatic carbocycles. The summed E-state index contributed by atoms with van der Waals surface area (Å²) in [5, 5.41) is 20.4. The van der Waals surface area contributed by atoms with Crippen LogP contribution in [-0.2, 0) is 48.2 Å². The lowest BCUT2D eigenvalue weighted by molar-refractivity contribution is -0.144. The minimum absolute atomic E-state index is 0.00269. The third kappa shape index (κ3) is 17.1. The van der Waals surface area contributed by atoms with Crippen molar-refractivity contribution >= 4 is 45.9 Å². The van der Waals surface area contributed by atoms with Crippen LogP contribution in [-0.4, -0.2) is 155 Å². The minimum atomic E-state index is -0.931. The van der Waals surface area contributed by atoms with Crippen LogP contribution < -0.4 is 21.5 Å². The van der Waals surface area contributed by atoms with Crippen molar-refractivity contribution in [2.75, 3.05) is 78.9 Å². The highest BCUT2D eigenvalue weighted by Gasteiger charge is 2.44. The fourth-order valence-electron chi connectivity index (χ4n) is 12.1. The minimum Gasteiger partial charge on any atom is -0.391 e. The van der Waals surface area contributed by atoms with Crippen LogP contribution in [0.25, 0.3) is 32.5 Å². The number of aliphatic hydroxyl groups is 1. The molecule has 6 aromatic rings. The number of aromatic amines is 1. The van der Waals surface area contributed by atoms with Gasteiger partial charge in [0.15, 0.2) is 0 Å². The van der Waals surface area contributed by atoms with E-state index in [0.29, 0.717) is 50.2 Å². The molecule has 19 heteroatoms. The molecule has 86 heavy (non-hydrogen) atoms. The van der Waals surface area contributed by atoms with Crippen LogP contribution in [0.2, 0.25) is 0 Å². The summed E-state index contributed by atoms with van der Waals surface area (Å²) in [5.74, 6) is -1.38. The molecule has 1 saturated carbocycles. The topological polar surface area (TPSA) is 213 Å². The van der Waals surface area contributed by atoms with Crippen LogP contribution in [0.15, 0.2) is 89.3 Å². The number of β-amino-alcohol motifs (C(OH)–C–C–N with tert-alkyl or cyclic N) is 1. The summed E-state index contributed by atoms with van der Waals surface area (Å²) in [4.78, 5) is 82.0. The molecular formula is C67H89N9O9S. The molecule has 3 aliphatic rings. The van der Waals surface area contributed by atoms with Crippen molar-refractivity contribution in [1.82, 2.24) is 45.2 Å². The van der Waals surface area contributed by atoms with Crippen LogP contribution in [0, 0.1) is 26.2 Å². The molecule has 18 nitrogen and oxygen atoms in total. The van der Waals surface area contributed by atoms with Gasteiger partial charge in [-0.3, -0.25) is 33.8 Å². The molecular weight excluding hydrogens is 1110 g/mol. The van der Waals surface area contributed by atoms with Gasteiger partial charge >= 0.3 is 0 Å². The largest absolute Gasteiger partial charge is 0.391 e. The number of aryl methyl sites for hydroxylation is 3. The number of carbonyl (C=O) groups is 4. The summed E-state index contributed by atoms with van der Waals surface area (Å²) in [6, 6.07) is 23.5. The molecule has 1 unspecified atom stereocenters. The maximum absolute atomic E-state index is 14.0. The second-order valence-corrected chi connectivity index (χ2v) is 25.5. The van der Waals surface area contributed by atoms with E-state index < -0.39 is 35.4 Å². The summed E-state index contributed by atoms with van der Waals surface area (Å²) < 4.78 is 19.9. The van der Waals surface area contributed by atoms with Gasteiger partial charge in [-0.05, 0) is 122 Å². The zero-order valence-corrected chi connectivity index (χ0v) is 52.0. The van der Waals surface area contributed by atoms with Crippen molar-refractivity contribution in [3.05, 3.63) is 134 Å². The number of rotatable bonds is 28. The van der Waals surface area contributed by atoms with Crippen molar-refractivity contribution in [3.63, 3.8) is 0 Å². The number of likely N-dealkylation sites (tertiary alicyclic amines) is 1. The van der Waals surface area contributed by atoms with Gasteiger partial charge in [-0.2, -0.15) is 0 Å². The van der Waals surface area contributed by atoms with Gasteiger partial charge in [0.25, 0.3) is 11.5 Å². The molecule has 5 heterocycles. The fourth-order valence-corrected chi connectivity index (χ4v) is 12.9. The Kier molecular flexibility index (Phi) is 22.6. The van der Waals surface area contributed by atoms with E-state index in [-0.39, 0.29) is 50.0 Å². The first-order chi connectivity index (χ1) is 41.5. The van der Waals surface area contributed by atoms with Crippen LogP contribution >= 0.6 is 11.3 Å². The number of nitrogens with one attached hydrogen (secondary N) is 4. The van der Waals surface area contributed by atoms with E-state index >= 15 is 0 Å². The van der Waals surface area contributed by atoms with Gasteiger partial charge in [0, 0.05) is 132 Å². The van der Waals surface area contributed by atoms with Crippen molar-refractivity contribution < 1.29 is 38.5 Å². The average molecular weight is 1200 g/mol. The zero-order valence-electron chi connectivity index (χ0n) is 51.2. The van der Waals surface area contributed by atoms with E-state index in [0.717, 1.165) is 133 Å². The number of hydrogen-bond acceptors (Lipinski definition) is 13. The van der Waals surface area contributed by atoms with Gasteiger partial charge < -0.3 is 49.7 Å². The van der Waals surface area contributed by atoms with E-state index in [4.69, 9.17) is 14.2 Å². The van der Waals surface area contributed by atoms with E-state index in [1.54, 1.807) is 11.3 Å². The molecule has 5 N–H and O–H groups in total. The number of nitrogens with zero attached hydrogens (tertiary/aromatic N) is 5. The summed E-state index contributed by atoms with van der Waals surface area (Å²) in [6.07, 6.45) is 9.45. The Balaban J connectivity index is 0.611. The lowest BCUT2D eigenvalue weighted by Gasteiger charge is -2.35. The smallest absolute Gasteiger partial charge is 0.253 e. The van der Waals surface area contributed by atoms with Gasteiger partial charge in [-0.1, -0.05) is 82.1 Å². The highest BCUT2D eigenvalue weighted by atomic mass is 32.1. The predicted molar refractivity (Wildman–Crippen MR) is 337 cm³/mol. The normalized spacial score (nSPS) is 17.4. The lowest BCUT2D eigenvalue weighted by atomic mass is 9.85. The first-order valence-corrected chi connectivity index (χ1v) is 31.8. The number of ether oxygens (including phenoxy) is 3. The molecule has 2 aliphatic heterocycles. The number of pyridine rings is 1.